The summed E-state index contributed by atoms with van der Waals surface area (Å²) in [6, 6.07) is 9.61. The van der Waals surface area contributed by atoms with Crippen LogP contribution in [-0.4, -0.2) is 12.0 Å². The highest BCUT2D eigenvalue weighted by Gasteiger charge is 2.00. The molecule has 0 saturated carbocycles. The Labute approximate surface area is 99.3 Å². The summed E-state index contributed by atoms with van der Waals surface area (Å²) < 4.78 is 18.2. The second kappa shape index (κ2) is 5.41. The van der Waals surface area contributed by atoms with Gasteiger partial charge < -0.3 is 10.1 Å². The molecule has 1 N–H and O–H groups in total. The molecule has 0 aliphatic carbocycles. The number of aromatic nitrogens is 1. The molecule has 2 rings (SSSR count). The van der Waals surface area contributed by atoms with Gasteiger partial charge in [-0.25, -0.2) is 9.37 Å². The Morgan fingerprint density at radius 1 is 1.24 bits per heavy atom. The van der Waals surface area contributed by atoms with E-state index in [1.54, 1.807) is 18.3 Å². The minimum Gasteiger partial charge on any atom is -0.439 e. The molecule has 0 fully saturated rings. The molecule has 3 nitrogen and oxygen atoms in total. The summed E-state index contributed by atoms with van der Waals surface area (Å²) in [6.45, 7) is 0.752. The van der Waals surface area contributed by atoms with E-state index in [-0.39, 0.29) is 5.82 Å². The van der Waals surface area contributed by atoms with Crippen LogP contribution >= 0.6 is 0 Å². The van der Waals surface area contributed by atoms with Crippen LogP contribution in [-0.2, 0) is 6.54 Å². The molecule has 88 valence electrons. The fourth-order valence-electron chi connectivity index (χ4n) is 1.44. The number of ether oxygens (including phenoxy) is 1. The Morgan fingerprint density at radius 2 is 2.00 bits per heavy atom. The van der Waals surface area contributed by atoms with E-state index < -0.39 is 0 Å². The lowest BCUT2D eigenvalue weighted by atomic mass is 10.2. The number of nitrogens with one attached hydrogen (secondary N) is 1. The summed E-state index contributed by atoms with van der Waals surface area (Å²) in [5.74, 6) is 0.791. The fourth-order valence-corrected chi connectivity index (χ4v) is 1.44. The number of rotatable bonds is 4. The Kier molecular flexibility index (Phi) is 3.67. The third-order valence-electron chi connectivity index (χ3n) is 2.22. The molecule has 17 heavy (non-hydrogen) atoms. The quantitative estimate of drug-likeness (QED) is 0.880. The average molecular weight is 232 g/mol. The highest BCUT2D eigenvalue weighted by molar-refractivity contribution is 5.29. The fraction of sp³-hybridized carbons (Fsp3) is 0.154. The minimum absolute atomic E-state index is 0.283. The van der Waals surface area contributed by atoms with Crippen LogP contribution in [0.4, 0.5) is 4.39 Å². The zero-order chi connectivity index (χ0) is 12.1. The van der Waals surface area contributed by atoms with E-state index in [2.05, 4.69) is 10.3 Å². The Bertz CT molecular complexity index is 485. The zero-order valence-corrected chi connectivity index (χ0v) is 9.48. The van der Waals surface area contributed by atoms with Gasteiger partial charge in [-0.15, -0.1) is 0 Å². The predicted octanol–water partition coefficient (Wildman–Crippen LogP) is 2.73. The van der Waals surface area contributed by atoms with Gasteiger partial charge in [-0.1, -0.05) is 0 Å². The van der Waals surface area contributed by atoms with Crippen molar-refractivity contribution in [3.63, 3.8) is 0 Å². The third-order valence-corrected chi connectivity index (χ3v) is 2.22. The molecule has 0 unspecified atom stereocenters. The van der Waals surface area contributed by atoms with Crippen LogP contribution in [0.15, 0.2) is 42.6 Å². The minimum atomic E-state index is -0.283. The summed E-state index contributed by atoms with van der Waals surface area (Å²) >= 11 is 0. The summed E-state index contributed by atoms with van der Waals surface area (Å²) in [4.78, 5) is 4.10. The highest BCUT2D eigenvalue weighted by Crippen LogP contribution is 2.20. The van der Waals surface area contributed by atoms with E-state index in [0.717, 1.165) is 12.1 Å². The first-order valence-electron chi connectivity index (χ1n) is 5.31. The molecule has 0 aliphatic heterocycles. The van der Waals surface area contributed by atoms with Gasteiger partial charge in [0.25, 0.3) is 0 Å². The van der Waals surface area contributed by atoms with Crippen LogP contribution in [0, 0.1) is 5.82 Å². The van der Waals surface area contributed by atoms with Crippen LogP contribution in [0.5, 0.6) is 11.6 Å². The lowest BCUT2D eigenvalue weighted by Gasteiger charge is -2.06. The van der Waals surface area contributed by atoms with Gasteiger partial charge in [-0.05, 0) is 42.9 Å². The summed E-state index contributed by atoms with van der Waals surface area (Å²) in [5.41, 5.74) is 1.08. The van der Waals surface area contributed by atoms with E-state index in [1.807, 2.05) is 19.2 Å². The molecule has 0 bridgehead atoms. The molecule has 1 heterocycles. The monoisotopic (exact) mass is 232 g/mol. The highest BCUT2D eigenvalue weighted by atomic mass is 19.1. The first kappa shape index (κ1) is 11.5. The maximum atomic E-state index is 12.7. The van der Waals surface area contributed by atoms with E-state index >= 15 is 0 Å². The van der Waals surface area contributed by atoms with Gasteiger partial charge in [-0.2, -0.15) is 0 Å². The number of benzene rings is 1. The van der Waals surface area contributed by atoms with Crippen molar-refractivity contribution in [2.24, 2.45) is 0 Å². The van der Waals surface area contributed by atoms with Crippen LogP contribution in [0.2, 0.25) is 0 Å². The van der Waals surface area contributed by atoms with Crippen LogP contribution < -0.4 is 10.1 Å². The van der Waals surface area contributed by atoms with Crippen molar-refractivity contribution in [3.05, 3.63) is 54.0 Å². The second-order valence-electron chi connectivity index (χ2n) is 3.59. The van der Waals surface area contributed by atoms with Crippen molar-refractivity contribution in [1.29, 1.82) is 0 Å². The maximum Gasteiger partial charge on any atom is 0.219 e. The van der Waals surface area contributed by atoms with Crippen molar-refractivity contribution < 1.29 is 9.13 Å². The number of hydrogen-bond acceptors (Lipinski definition) is 3. The molecule has 0 amide bonds. The second-order valence-corrected chi connectivity index (χ2v) is 3.59. The summed E-state index contributed by atoms with van der Waals surface area (Å²) in [7, 11) is 1.88. The molecule has 1 aromatic heterocycles. The normalized spacial score (nSPS) is 10.2. The molecular formula is C13H13FN2O. The topological polar surface area (TPSA) is 34.2 Å². The van der Waals surface area contributed by atoms with Gasteiger partial charge in [0.2, 0.25) is 5.88 Å². The van der Waals surface area contributed by atoms with Crippen molar-refractivity contribution in [2.45, 2.75) is 6.54 Å². The predicted molar refractivity (Wildman–Crippen MR) is 63.5 cm³/mol. The Morgan fingerprint density at radius 3 is 2.71 bits per heavy atom. The standard InChI is InChI=1S/C13H13FN2O/c1-15-9-10-6-7-16-13(8-10)17-12-4-2-11(14)3-5-12/h2-8,15H,9H2,1H3. The first-order valence-corrected chi connectivity index (χ1v) is 5.31. The van der Waals surface area contributed by atoms with Crippen LogP contribution in [0.3, 0.4) is 0 Å². The number of pyridine rings is 1. The molecule has 0 radical (unpaired) electrons. The molecule has 0 aliphatic rings. The van der Waals surface area contributed by atoms with Gasteiger partial charge in [0.1, 0.15) is 11.6 Å². The van der Waals surface area contributed by atoms with Gasteiger partial charge in [0.15, 0.2) is 0 Å². The molecule has 0 spiro atoms. The zero-order valence-electron chi connectivity index (χ0n) is 9.48. The van der Waals surface area contributed by atoms with Gasteiger partial charge in [0.05, 0.1) is 0 Å². The van der Waals surface area contributed by atoms with E-state index in [9.17, 15) is 4.39 Å². The maximum absolute atomic E-state index is 12.7. The number of hydrogen-bond donors (Lipinski definition) is 1. The van der Waals surface area contributed by atoms with E-state index in [4.69, 9.17) is 4.74 Å². The van der Waals surface area contributed by atoms with Crippen molar-refractivity contribution in [1.82, 2.24) is 10.3 Å². The molecule has 0 atom stereocenters. The van der Waals surface area contributed by atoms with Crippen molar-refractivity contribution >= 4 is 0 Å². The summed E-state index contributed by atoms with van der Waals surface area (Å²) in [5, 5.41) is 3.05. The summed E-state index contributed by atoms with van der Waals surface area (Å²) in [6.07, 6.45) is 1.69. The molecule has 2 aromatic rings. The lowest BCUT2D eigenvalue weighted by molar-refractivity contribution is 0.460. The molecule has 1 aromatic carbocycles. The van der Waals surface area contributed by atoms with Gasteiger partial charge in [0, 0.05) is 18.8 Å². The first-order chi connectivity index (χ1) is 8.28. The van der Waals surface area contributed by atoms with Gasteiger partial charge >= 0.3 is 0 Å². The van der Waals surface area contributed by atoms with Crippen LogP contribution in [0.25, 0.3) is 0 Å². The Balaban J connectivity index is 2.12. The van der Waals surface area contributed by atoms with Crippen molar-refractivity contribution in [3.8, 4) is 11.6 Å². The molecule has 0 saturated heterocycles. The third kappa shape index (κ3) is 3.26. The van der Waals surface area contributed by atoms with E-state index in [0.29, 0.717) is 11.6 Å². The number of nitrogens with zero attached hydrogens (tertiary/aromatic N) is 1. The SMILES string of the molecule is CNCc1ccnc(Oc2ccc(F)cc2)c1. The lowest BCUT2D eigenvalue weighted by Crippen LogP contribution is -2.05. The van der Waals surface area contributed by atoms with E-state index in [1.165, 1.54) is 12.1 Å². The smallest absolute Gasteiger partial charge is 0.219 e. The van der Waals surface area contributed by atoms with Gasteiger partial charge in [-0.3, -0.25) is 0 Å². The number of halogens is 1. The molecular weight excluding hydrogens is 219 g/mol. The average Bonchev–Trinajstić information content (AvgIpc) is 2.33. The largest absolute Gasteiger partial charge is 0.439 e. The Hall–Kier alpha value is -1.94. The van der Waals surface area contributed by atoms with Crippen LogP contribution in [0.1, 0.15) is 5.56 Å². The molecule has 4 heteroatoms. The van der Waals surface area contributed by atoms with Crippen molar-refractivity contribution in [2.75, 3.05) is 7.05 Å².